The third-order valence-electron chi connectivity index (χ3n) is 4.93. The molecule has 32 heavy (non-hydrogen) atoms. The Bertz CT molecular complexity index is 1280. The first-order valence-corrected chi connectivity index (χ1v) is 10.0. The number of rotatable bonds is 5. The fraction of sp³-hybridized carbons (Fsp3) is 0.238. The Morgan fingerprint density at radius 2 is 1.88 bits per heavy atom. The first kappa shape index (κ1) is 21.8. The highest BCUT2D eigenvalue weighted by Crippen LogP contribution is 2.32. The van der Waals surface area contributed by atoms with Crippen LogP contribution in [0.25, 0.3) is 16.9 Å². The lowest BCUT2D eigenvalue weighted by atomic mass is 10.1. The third-order valence-corrected chi connectivity index (χ3v) is 5.18. The minimum Gasteiger partial charge on any atom is -0.334 e. The molecule has 0 aliphatic carbocycles. The molecule has 3 aromatic heterocycles. The van der Waals surface area contributed by atoms with Gasteiger partial charge in [-0.25, -0.2) is 9.50 Å². The van der Waals surface area contributed by atoms with Crippen molar-refractivity contribution in [2.75, 3.05) is 7.05 Å². The molecular formula is C21H18ClF3N6O. The summed E-state index contributed by atoms with van der Waals surface area (Å²) in [6.45, 7) is 2.78. The molecule has 7 nitrogen and oxygen atoms in total. The highest BCUT2D eigenvalue weighted by Gasteiger charge is 2.36. The summed E-state index contributed by atoms with van der Waals surface area (Å²) in [6.07, 6.45) is -3.08. The van der Waals surface area contributed by atoms with Crippen molar-refractivity contribution in [3.8, 4) is 11.3 Å². The van der Waals surface area contributed by atoms with Gasteiger partial charge in [-0.05, 0) is 31.2 Å². The highest BCUT2D eigenvalue weighted by molar-refractivity contribution is 6.30. The Balaban J connectivity index is 1.73. The van der Waals surface area contributed by atoms with E-state index in [1.54, 1.807) is 48.3 Å². The van der Waals surface area contributed by atoms with Gasteiger partial charge in [-0.1, -0.05) is 23.7 Å². The lowest BCUT2D eigenvalue weighted by Crippen LogP contribution is -2.28. The number of alkyl halides is 3. The van der Waals surface area contributed by atoms with Crippen LogP contribution in [0.3, 0.4) is 0 Å². The summed E-state index contributed by atoms with van der Waals surface area (Å²) in [7, 11) is 1.55. The largest absolute Gasteiger partial charge is 0.433 e. The quantitative estimate of drug-likeness (QED) is 0.436. The molecule has 4 rings (SSSR count). The van der Waals surface area contributed by atoms with Gasteiger partial charge in [0, 0.05) is 36.4 Å². The Morgan fingerprint density at radius 3 is 2.53 bits per heavy atom. The molecule has 4 aromatic rings. The average molecular weight is 463 g/mol. The molecule has 1 aromatic carbocycles. The predicted octanol–water partition coefficient (Wildman–Crippen LogP) is 4.56. The molecule has 166 valence electrons. The number of nitrogens with zero attached hydrogens (tertiary/aromatic N) is 6. The minimum absolute atomic E-state index is 0.0832. The van der Waals surface area contributed by atoms with Crippen molar-refractivity contribution >= 4 is 23.2 Å². The van der Waals surface area contributed by atoms with Crippen molar-refractivity contribution in [1.29, 1.82) is 0 Å². The van der Waals surface area contributed by atoms with Gasteiger partial charge in [-0.15, -0.1) is 0 Å². The summed E-state index contributed by atoms with van der Waals surface area (Å²) in [4.78, 5) is 18.6. The normalized spacial score (nSPS) is 11.8. The zero-order valence-corrected chi connectivity index (χ0v) is 17.9. The molecule has 0 bridgehead atoms. The van der Waals surface area contributed by atoms with E-state index in [4.69, 9.17) is 11.6 Å². The summed E-state index contributed by atoms with van der Waals surface area (Å²) < 4.78 is 43.7. The smallest absolute Gasteiger partial charge is 0.334 e. The van der Waals surface area contributed by atoms with Crippen molar-refractivity contribution in [3.63, 3.8) is 0 Å². The molecule has 0 spiro atoms. The molecule has 3 heterocycles. The molecule has 0 aliphatic heterocycles. The van der Waals surface area contributed by atoms with Gasteiger partial charge in [-0.2, -0.15) is 23.4 Å². The SMILES string of the molecule is CCn1nccc1CN(C)C(=O)c1cc2nc(-c3ccc(Cl)cc3)cc(C(F)(F)F)n2n1. The summed E-state index contributed by atoms with van der Waals surface area (Å²) in [5.74, 6) is -0.527. The van der Waals surface area contributed by atoms with Crippen molar-refractivity contribution in [1.82, 2.24) is 29.3 Å². The Kier molecular flexibility index (Phi) is 5.64. The molecule has 1 amide bonds. The maximum Gasteiger partial charge on any atom is 0.433 e. The zero-order valence-electron chi connectivity index (χ0n) is 17.1. The maximum absolute atomic E-state index is 13.8. The van der Waals surface area contributed by atoms with Crippen molar-refractivity contribution in [2.24, 2.45) is 0 Å². The van der Waals surface area contributed by atoms with Crippen LogP contribution in [-0.4, -0.2) is 42.2 Å². The number of aromatic nitrogens is 5. The van der Waals surface area contributed by atoms with Gasteiger partial charge in [0.05, 0.1) is 17.9 Å². The standard InChI is InChI=1S/C21H18ClF3N6O/c1-3-30-15(8-9-26-30)12-29(2)20(32)17-11-19-27-16(13-4-6-14(22)7-5-13)10-18(21(23,24)25)31(19)28-17/h4-11H,3,12H2,1-2H3. The molecule has 0 fully saturated rings. The Labute approximate surface area is 186 Å². The van der Waals surface area contributed by atoms with Crippen LogP contribution in [-0.2, 0) is 19.3 Å². The predicted molar refractivity (Wildman–Crippen MR) is 112 cm³/mol. The molecule has 11 heteroatoms. The maximum atomic E-state index is 13.8. The topological polar surface area (TPSA) is 68.3 Å². The van der Waals surface area contributed by atoms with Gasteiger partial charge in [-0.3, -0.25) is 9.48 Å². The fourth-order valence-corrected chi connectivity index (χ4v) is 3.46. The number of halogens is 4. The lowest BCUT2D eigenvalue weighted by molar-refractivity contribution is -0.142. The van der Waals surface area contributed by atoms with Crippen LogP contribution in [0, 0.1) is 0 Å². The van der Waals surface area contributed by atoms with E-state index in [0.29, 0.717) is 21.6 Å². The van der Waals surface area contributed by atoms with Gasteiger partial charge in [0.2, 0.25) is 0 Å². The fourth-order valence-electron chi connectivity index (χ4n) is 3.34. The van der Waals surface area contributed by atoms with E-state index in [0.717, 1.165) is 11.8 Å². The number of hydrogen-bond acceptors (Lipinski definition) is 4. The number of amides is 1. The highest BCUT2D eigenvalue weighted by atomic mass is 35.5. The Morgan fingerprint density at radius 1 is 1.16 bits per heavy atom. The Hall–Kier alpha value is -3.40. The number of carbonyl (C=O) groups excluding carboxylic acids is 1. The number of aryl methyl sites for hydroxylation is 1. The average Bonchev–Trinajstić information content (AvgIpc) is 3.38. The van der Waals surface area contributed by atoms with E-state index in [1.165, 1.54) is 11.0 Å². The van der Waals surface area contributed by atoms with Crippen LogP contribution in [0.2, 0.25) is 5.02 Å². The van der Waals surface area contributed by atoms with Gasteiger partial charge < -0.3 is 4.90 Å². The second-order valence-electron chi connectivity index (χ2n) is 7.13. The number of fused-ring (bicyclic) bond motifs is 1. The molecule has 0 radical (unpaired) electrons. The van der Waals surface area contributed by atoms with Crippen LogP contribution in [0.5, 0.6) is 0 Å². The second-order valence-corrected chi connectivity index (χ2v) is 7.57. The number of hydrogen-bond donors (Lipinski definition) is 0. The van der Waals surface area contributed by atoms with E-state index >= 15 is 0 Å². The van der Waals surface area contributed by atoms with E-state index in [-0.39, 0.29) is 23.6 Å². The molecular weight excluding hydrogens is 445 g/mol. The van der Waals surface area contributed by atoms with Crippen LogP contribution in [0.4, 0.5) is 13.2 Å². The second kappa shape index (κ2) is 8.27. The summed E-state index contributed by atoms with van der Waals surface area (Å²) in [5.41, 5.74) is 0.105. The van der Waals surface area contributed by atoms with Gasteiger partial charge in [0.1, 0.15) is 0 Å². The number of carbonyl (C=O) groups is 1. The van der Waals surface area contributed by atoms with Gasteiger partial charge in [0.25, 0.3) is 5.91 Å². The lowest BCUT2D eigenvalue weighted by Gasteiger charge is -2.16. The number of benzene rings is 1. The zero-order chi connectivity index (χ0) is 23.0. The van der Waals surface area contributed by atoms with Crippen molar-refractivity contribution in [2.45, 2.75) is 26.2 Å². The van der Waals surface area contributed by atoms with Crippen LogP contribution >= 0.6 is 11.6 Å². The molecule has 0 N–H and O–H groups in total. The van der Waals surface area contributed by atoms with Crippen molar-refractivity contribution < 1.29 is 18.0 Å². The van der Waals surface area contributed by atoms with E-state index in [9.17, 15) is 18.0 Å². The van der Waals surface area contributed by atoms with Crippen LogP contribution in [0.1, 0.15) is 28.8 Å². The van der Waals surface area contributed by atoms with E-state index in [1.807, 2.05) is 6.92 Å². The minimum atomic E-state index is -4.70. The van der Waals surface area contributed by atoms with Crippen LogP contribution < -0.4 is 0 Å². The van der Waals surface area contributed by atoms with E-state index in [2.05, 4.69) is 15.2 Å². The molecule has 0 saturated heterocycles. The third kappa shape index (κ3) is 4.18. The monoisotopic (exact) mass is 462 g/mol. The molecule has 0 aliphatic rings. The molecule has 0 unspecified atom stereocenters. The first-order valence-electron chi connectivity index (χ1n) is 9.67. The van der Waals surface area contributed by atoms with Crippen LogP contribution in [0.15, 0.2) is 48.7 Å². The summed E-state index contributed by atoms with van der Waals surface area (Å²) in [5, 5.41) is 8.53. The van der Waals surface area contributed by atoms with E-state index < -0.39 is 17.8 Å². The van der Waals surface area contributed by atoms with Gasteiger partial charge in [0.15, 0.2) is 17.0 Å². The van der Waals surface area contributed by atoms with Gasteiger partial charge >= 0.3 is 6.18 Å². The molecule has 0 atom stereocenters. The first-order chi connectivity index (χ1) is 15.2. The molecule has 0 saturated carbocycles. The van der Waals surface area contributed by atoms with Crippen molar-refractivity contribution in [3.05, 3.63) is 70.8 Å². The summed E-state index contributed by atoms with van der Waals surface area (Å²) in [6, 6.07) is 10.2. The summed E-state index contributed by atoms with van der Waals surface area (Å²) >= 11 is 5.87.